The SMILES string of the molecule is CCNc1nc2c(c(=O)n(C)c(=O)n2C)n1Cc1cccc(C)c1. The van der Waals surface area contributed by atoms with E-state index in [1.165, 1.54) is 11.6 Å². The van der Waals surface area contributed by atoms with Crippen molar-refractivity contribution in [1.29, 1.82) is 0 Å². The number of rotatable bonds is 4. The molecule has 0 unspecified atom stereocenters. The molecule has 0 aliphatic carbocycles. The van der Waals surface area contributed by atoms with E-state index >= 15 is 0 Å². The highest BCUT2D eigenvalue weighted by molar-refractivity contribution is 5.74. The number of hydrogen-bond acceptors (Lipinski definition) is 4. The maximum absolute atomic E-state index is 12.7. The molecular formula is C17H21N5O2. The van der Waals surface area contributed by atoms with E-state index in [9.17, 15) is 9.59 Å². The average Bonchev–Trinajstić information content (AvgIpc) is 2.90. The van der Waals surface area contributed by atoms with Crippen molar-refractivity contribution in [3.8, 4) is 0 Å². The Morgan fingerprint density at radius 3 is 2.58 bits per heavy atom. The van der Waals surface area contributed by atoms with Crippen molar-refractivity contribution < 1.29 is 0 Å². The van der Waals surface area contributed by atoms with Crippen molar-refractivity contribution in [2.45, 2.75) is 20.4 Å². The molecule has 7 heteroatoms. The van der Waals surface area contributed by atoms with Crippen molar-refractivity contribution in [3.05, 3.63) is 56.2 Å². The number of fused-ring (bicyclic) bond motifs is 1. The Balaban J connectivity index is 2.30. The van der Waals surface area contributed by atoms with Gasteiger partial charge in [0.15, 0.2) is 11.2 Å². The summed E-state index contributed by atoms with van der Waals surface area (Å²) in [6, 6.07) is 8.11. The molecule has 1 N–H and O–H groups in total. The number of hydrogen-bond donors (Lipinski definition) is 1. The minimum absolute atomic E-state index is 0.336. The molecule has 0 spiro atoms. The lowest BCUT2D eigenvalue weighted by molar-refractivity contribution is 0.702. The fraction of sp³-hybridized carbons (Fsp3) is 0.353. The zero-order chi connectivity index (χ0) is 17.4. The summed E-state index contributed by atoms with van der Waals surface area (Å²) in [6.45, 7) is 5.18. The minimum Gasteiger partial charge on any atom is -0.356 e. The number of nitrogens with one attached hydrogen (secondary N) is 1. The largest absolute Gasteiger partial charge is 0.356 e. The third-order valence-electron chi connectivity index (χ3n) is 4.11. The molecule has 7 nitrogen and oxygen atoms in total. The summed E-state index contributed by atoms with van der Waals surface area (Å²) in [4.78, 5) is 29.3. The van der Waals surface area contributed by atoms with Crippen molar-refractivity contribution in [2.24, 2.45) is 14.1 Å². The molecular weight excluding hydrogens is 306 g/mol. The van der Waals surface area contributed by atoms with E-state index in [-0.39, 0.29) is 11.2 Å². The van der Waals surface area contributed by atoms with E-state index in [4.69, 9.17) is 0 Å². The Morgan fingerprint density at radius 2 is 1.92 bits per heavy atom. The van der Waals surface area contributed by atoms with Crippen LogP contribution in [0.15, 0.2) is 33.9 Å². The monoisotopic (exact) mass is 327 g/mol. The normalized spacial score (nSPS) is 11.2. The molecule has 3 aromatic rings. The van der Waals surface area contributed by atoms with Crippen molar-refractivity contribution in [2.75, 3.05) is 11.9 Å². The molecule has 3 rings (SSSR count). The highest BCUT2D eigenvalue weighted by Gasteiger charge is 2.18. The maximum Gasteiger partial charge on any atom is 0.332 e. The van der Waals surface area contributed by atoms with Gasteiger partial charge >= 0.3 is 5.69 Å². The number of nitrogens with zero attached hydrogens (tertiary/aromatic N) is 4. The Kier molecular flexibility index (Phi) is 4.01. The first-order chi connectivity index (χ1) is 11.4. The van der Waals surface area contributed by atoms with Crippen LogP contribution in [-0.2, 0) is 20.6 Å². The Morgan fingerprint density at radius 1 is 1.17 bits per heavy atom. The van der Waals surface area contributed by atoms with Gasteiger partial charge in [-0.15, -0.1) is 0 Å². The van der Waals surface area contributed by atoms with Gasteiger partial charge in [-0.3, -0.25) is 18.5 Å². The zero-order valence-corrected chi connectivity index (χ0v) is 14.3. The maximum atomic E-state index is 12.7. The minimum atomic E-state index is -0.379. The predicted octanol–water partition coefficient (Wildman–Crippen LogP) is 1.22. The molecule has 0 saturated carbocycles. The smallest absolute Gasteiger partial charge is 0.332 e. The van der Waals surface area contributed by atoms with Crippen LogP contribution in [-0.4, -0.2) is 25.2 Å². The topological polar surface area (TPSA) is 73.8 Å². The van der Waals surface area contributed by atoms with E-state index < -0.39 is 0 Å². The summed E-state index contributed by atoms with van der Waals surface area (Å²) in [5.41, 5.74) is 2.34. The second-order valence-electron chi connectivity index (χ2n) is 5.92. The fourth-order valence-corrected chi connectivity index (χ4v) is 2.89. The molecule has 126 valence electrons. The highest BCUT2D eigenvalue weighted by atomic mass is 16.2. The first-order valence-corrected chi connectivity index (χ1v) is 7.89. The Bertz CT molecular complexity index is 1030. The van der Waals surface area contributed by atoms with Crippen LogP contribution in [0, 0.1) is 6.92 Å². The molecule has 0 radical (unpaired) electrons. The second kappa shape index (κ2) is 5.99. The molecule has 0 aliphatic rings. The molecule has 2 heterocycles. The number of aryl methyl sites for hydroxylation is 2. The van der Waals surface area contributed by atoms with Gasteiger partial charge in [0.2, 0.25) is 5.95 Å². The first-order valence-electron chi connectivity index (χ1n) is 7.89. The van der Waals surface area contributed by atoms with Gasteiger partial charge in [-0.25, -0.2) is 4.79 Å². The van der Waals surface area contributed by atoms with Crippen LogP contribution in [0.3, 0.4) is 0 Å². The van der Waals surface area contributed by atoms with Crippen molar-refractivity contribution in [3.63, 3.8) is 0 Å². The lowest BCUT2D eigenvalue weighted by Gasteiger charge is -2.10. The molecule has 0 amide bonds. The quantitative estimate of drug-likeness (QED) is 0.782. The number of aromatic nitrogens is 4. The molecule has 0 aliphatic heterocycles. The van der Waals surface area contributed by atoms with Crippen LogP contribution >= 0.6 is 0 Å². The molecule has 24 heavy (non-hydrogen) atoms. The van der Waals surface area contributed by atoms with E-state index in [0.717, 1.165) is 15.7 Å². The third-order valence-corrected chi connectivity index (χ3v) is 4.11. The van der Waals surface area contributed by atoms with Gasteiger partial charge in [0, 0.05) is 20.6 Å². The molecule has 0 fully saturated rings. The van der Waals surface area contributed by atoms with E-state index in [1.54, 1.807) is 7.05 Å². The van der Waals surface area contributed by atoms with Gasteiger partial charge in [-0.1, -0.05) is 29.8 Å². The van der Waals surface area contributed by atoms with Crippen molar-refractivity contribution in [1.82, 2.24) is 18.7 Å². The van der Waals surface area contributed by atoms with E-state index in [2.05, 4.69) is 16.4 Å². The van der Waals surface area contributed by atoms with Crippen LogP contribution < -0.4 is 16.6 Å². The van der Waals surface area contributed by atoms with Crippen LogP contribution in [0.1, 0.15) is 18.1 Å². The zero-order valence-electron chi connectivity index (χ0n) is 14.3. The number of benzene rings is 1. The van der Waals surface area contributed by atoms with Gasteiger partial charge in [0.05, 0.1) is 6.54 Å². The van der Waals surface area contributed by atoms with Gasteiger partial charge in [0.25, 0.3) is 5.56 Å². The van der Waals surface area contributed by atoms with Gasteiger partial charge in [-0.2, -0.15) is 4.98 Å². The lowest BCUT2D eigenvalue weighted by Crippen LogP contribution is -2.37. The highest BCUT2D eigenvalue weighted by Crippen LogP contribution is 2.18. The Labute approximate surface area is 139 Å². The predicted molar refractivity (Wildman–Crippen MR) is 94.7 cm³/mol. The molecule has 1 aromatic carbocycles. The molecule has 0 saturated heterocycles. The average molecular weight is 327 g/mol. The van der Waals surface area contributed by atoms with Crippen LogP contribution in [0.4, 0.5) is 5.95 Å². The summed E-state index contributed by atoms with van der Waals surface area (Å²) < 4.78 is 4.37. The molecule has 0 bridgehead atoms. The summed E-state index contributed by atoms with van der Waals surface area (Å²) in [7, 11) is 3.12. The fourth-order valence-electron chi connectivity index (χ4n) is 2.89. The van der Waals surface area contributed by atoms with Crippen molar-refractivity contribution >= 4 is 17.1 Å². The van der Waals surface area contributed by atoms with E-state index in [0.29, 0.717) is 30.2 Å². The third kappa shape index (κ3) is 2.51. The lowest BCUT2D eigenvalue weighted by atomic mass is 10.1. The van der Waals surface area contributed by atoms with Crippen LogP contribution in [0.2, 0.25) is 0 Å². The van der Waals surface area contributed by atoms with Gasteiger partial charge in [0.1, 0.15) is 0 Å². The summed E-state index contributed by atoms with van der Waals surface area (Å²) in [5, 5.41) is 3.18. The molecule has 2 aromatic heterocycles. The Hall–Kier alpha value is -2.83. The first kappa shape index (κ1) is 16.0. The van der Waals surface area contributed by atoms with Crippen LogP contribution in [0.5, 0.6) is 0 Å². The van der Waals surface area contributed by atoms with E-state index in [1.807, 2.05) is 36.6 Å². The standard InChI is InChI=1S/C17H21N5O2/c1-5-18-16-19-14-13(15(23)21(4)17(24)20(14)3)22(16)10-12-8-6-7-11(2)9-12/h6-9H,5,10H2,1-4H3,(H,18,19). The number of anilines is 1. The van der Waals surface area contributed by atoms with Gasteiger partial charge < -0.3 is 5.32 Å². The summed E-state index contributed by atoms with van der Waals surface area (Å²) in [6.07, 6.45) is 0. The summed E-state index contributed by atoms with van der Waals surface area (Å²) >= 11 is 0. The van der Waals surface area contributed by atoms with Gasteiger partial charge in [-0.05, 0) is 19.4 Å². The second-order valence-corrected chi connectivity index (χ2v) is 5.92. The molecule has 0 atom stereocenters. The number of imidazole rings is 1. The van der Waals surface area contributed by atoms with Crippen LogP contribution in [0.25, 0.3) is 11.2 Å². The summed E-state index contributed by atoms with van der Waals surface area (Å²) in [5.74, 6) is 0.590.